The van der Waals surface area contributed by atoms with Gasteiger partial charge in [0.1, 0.15) is 0 Å². The van der Waals surface area contributed by atoms with Crippen molar-refractivity contribution < 1.29 is 4.79 Å². The summed E-state index contributed by atoms with van der Waals surface area (Å²) in [6.45, 7) is 6.07. The van der Waals surface area contributed by atoms with Crippen LogP contribution in [0.3, 0.4) is 0 Å². The van der Waals surface area contributed by atoms with E-state index in [-0.39, 0.29) is 17.7 Å². The molecule has 0 bridgehead atoms. The van der Waals surface area contributed by atoms with Crippen LogP contribution in [0.4, 0.5) is 0 Å². The second kappa shape index (κ2) is 6.48. The molecular formula is C13H25N3OS. The van der Waals surface area contributed by atoms with Gasteiger partial charge in [-0.3, -0.25) is 4.79 Å². The van der Waals surface area contributed by atoms with E-state index in [1.54, 1.807) is 0 Å². The van der Waals surface area contributed by atoms with Gasteiger partial charge >= 0.3 is 0 Å². The Morgan fingerprint density at radius 2 is 1.89 bits per heavy atom. The van der Waals surface area contributed by atoms with Crippen LogP contribution in [0.15, 0.2) is 0 Å². The van der Waals surface area contributed by atoms with E-state index in [1.807, 2.05) is 25.8 Å². The number of nitrogens with two attached hydrogens (primary N) is 1. The smallest absolute Gasteiger partial charge is 0.232 e. The minimum absolute atomic E-state index is 0.0760. The maximum Gasteiger partial charge on any atom is 0.232 e. The zero-order valence-corrected chi connectivity index (χ0v) is 12.7. The highest BCUT2D eigenvalue weighted by atomic mass is 32.1. The lowest BCUT2D eigenvalue weighted by atomic mass is 9.93. The normalized spacial score (nSPS) is 19.8. The van der Waals surface area contributed by atoms with E-state index >= 15 is 0 Å². The van der Waals surface area contributed by atoms with Crippen molar-refractivity contribution in [1.82, 2.24) is 9.80 Å². The molecular weight excluding hydrogens is 246 g/mol. The molecule has 0 aromatic heterocycles. The summed E-state index contributed by atoms with van der Waals surface area (Å²) in [4.78, 5) is 16.9. The Hall–Kier alpha value is -0.680. The number of amides is 1. The fourth-order valence-corrected chi connectivity index (χ4v) is 2.89. The molecule has 0 aliphatic carbocycles. The monoisotopic (exact) mass is 271 g/mol. The summed E-state index contributed by atoms with van der Waals surface area (Å²) >= 11 is 5.03. The predicted molar refractivity (Wildman–Crippen MR) is 78.4 cm³/mol. The Kier molecular flexibility index (Phi) is 5.53. The van der Waals surface area contributed by atoms with Crippen LogP contribution in [0.1, 0.15) is 26.7 Å². The summed E-state index contributed by atoms with van der Waals surface area (Å²) in [5.74, 6) is -0.0968. The van der Waals surface area contributed by atoms with E-state index < -0.39 is 0 Å². The molecule has 0 aromatic rings. The molecule has 0 radical (unpaired) electrons. The Labute approximate surface area is 115 Å². The lowest BCUT2D eigenvalue weighted by molar-refractivity contribution is -0.136. The third-order valence-electron chi connectivity index (χ3n) is 3.82. The molecule has 0 saturated carbocycles. The lowest BCUT2D eigenvalue weighted by Gasteiger charge is -2.37. The topological polar surface area (TPSA) is 49.6 Å². The van der Waals surface area contributed by atoms with Crippen molar-refractivity contribution in [2.45, 2.75) is 32.7 Å². The fraction of sp³-hybridized carbons (Fsp3) is 0.846. The minimum atomic E-state index is -0.329. The fourth-order valence-electron chi connectivity index (χ4n) is 2.52. The van der Waals surface area contributed by atoms with Gasteiger partial charge < -0.3 is 15.5 Å². The zero-order chi connectivity index (χ0) is 13.9. The average molecular weight is 271 g/mol. The molecule has 1 amide bonds. The van der Waals surface area contributed by atoms with Crippen molar-refractivity contribution in [3.63, 3.8) is 0 Å². The Balaban J connectivity index is 2.67. The molecule has 104 valence electrons. The summed E-state index contributed by atoms with van der Waals surface area (Å²) in [5.41, 5.74) is 5.70. The molecule has 4 nitrogen and oxygen atoms in total. The summed E-state index contributed by atoms with van der Waals surface area (Å²) < 4.78 is 0. The van der Waals surface area contributed by atoms with Gasteiger partial charge in [0.25, 0.3) is 0 Å². The molecule has 1 aliphatic heterocycles. The number of carbonyl (C=O) groups is 1. The van der Waals surface area contributed by atoms with E-state index in [0.717, 1.165) is 25.9 Å². The first-order valence-electron chi connectivity index (χ1n) is 6.59. The SMILES string of the molecule is CC(C)C(C(=O)N(C)C1CCN(C)CC1)C(N)=S. The summed E-state index contributed by atoms with van der Waals surface area (Å²) in [5, 5.41) is 0. The number of hydrogen-bond acceptors (Lipinski definition) is 3. The van der Waals surface area contributed by atoms with E-state index in [0.29, 0.717) is 11.0 Å². The summed E-state index contributed by atoms with van der Waals surface area (Å²) in [7, 11) is 4.00. The van der Waals surface area contributed by atoms with Crippen LogP contribution >= 0.6 is 12.2 Å². The van der Waals surface area contributed by atoms with E-state index in [9.17, 15) is 4.79 Å². The molecule has 1 saturated heterocycles. The Morgan fingerprint density at radius 3 is 2.28 bits per heavy atom. The molecule has 1 rings (SSSR count). The average Bonchev–Trinajstić information content (AvgIpc) is 2.28. The Bertz CT molecular complexity index is 311. The van der Waals surface area contributed by atoms with Crippen LogP contribution < -0.4 is 5.73 Å². The molecule has 5 heteroatoms. The number of hydrogen-bond donors (Lipinski definition) is 1. The van der Waals surface area contributed by atoms with Gasteiger partial charge in [-0.05, 0) is 38.9 Å². The van der Waals surface area contributed by atoms with Gasteiger partial charge in [-0.2, -0.15) is 0 Å². The molecule has 1 unspecified atom stereocenters. The van der Waals surface area contributed by atoms with Crippen molar-refractivity contribution in [2.24, 2.45) is 17.6 Å². The highest BCUT2D eigenvalue weighted by molar-refractivity contribution is 7.80. The first-order valence-corrected chi connectivity index (χ1v) is 7.00. The van der Waals surface area contributed by atoms with Gasteiger partial charge in [0.2, 0.25) is 5.91 Å². The standard InChI is InChI=1S/C13H25N3OS/c1-9(2)11(12(14)18)13(17)16(4)10-5-7-15(3)8-6-10/h9-11H,5-8H2,1-4H3,(H2,14,18). The van der Waals surface area contributed by atoms with Gasteiger partial charge in [0.15, 0.2) is 0 Å². The van der Waals surface area contributed by atoms with Crippen LogP contribution in [0.2, 0.25) is 0 Å². The van der Waals surface area contributed by atoms with E-state index in [4.69, 9.17) is 18.0 Å². The zero-order valence-electron chi connectivity index (χ0n) is 11.8. The van der Waals surface area contributed by atoms with Crippen molar-refractivity contribution in [3.8, 4) is 0 Å². The predicted octanol–water partition coefficient (Wildman–Crippen LogP) is 1.10. The minimum Gasteiger partial charge on any atom is -0.393 e. The molecule has 0 aromatic carbocycles. The third-order valence-corrected chi connectivity index (χ3v) is 4.08. The highest BCUT2D eigenvalue weighted by Gasteiger charge is 2.32. The van der Waals surface area contributed by atoms with Crippen LogP contribution in [0, 0.1) is 11.8 Å². The molecule has 1 aliphatic rings. The van der Waals surface area contributed by atoms with Crippen molar-refractivity contribution >= 4 is 23.1 Å². The van der Waals surface area contributed by atoms with E-state index in [2.05, 4.69) is 11.9 Å². The van der Waals surface area contributed by atoms with Crippen LogP contribution in [0.25, 0.3) is 0 Å². The van der Waals surface area contributed by atoms with Gasteiger partial charge in [-0.1, -0.05) is 26.1 Å². The lowest BCUT2D eigenvalue weighted by Crippen LogP contribution is -2.49. The first-order chi connectivity index (χ1) is 8.34. The molecule has 1 heterocycles. The number of likely N-dealkylation sites (tertiary alicyclic amines) is 1. The Morgan fingerprint density at radius 1 is 1.39 bits per heavy atom. The second-order valence-electron chi connectivity index (χ2n) is 5.61. The first kappa shape index (κ1) is 15.4. The van der Waals surface area contributed by atoms with Gasteiger partial charge in [-0.15, -0.1) is 0 Å². The number of piperidine rings is 1. The summed E-state index contributed by atoms with van der Waals surface area (Å²) in [6, 6.07) is 0.323. The summed E-state index contributed by atoms with van der Waals surface area (Å²) in [6.07, 6.45) is 2.06. The van der Waals surface area contributed by atoms with Crippen molar-refractivity contribution in [2.75, 3.05) is 27.2 Å². The van der Waals surface area contributed by atoms with Gasteiger partial charge in [0.05, 0.1) is 10.9 Å². The van der Waals surface area contributed by atoms with Gasteiger partial charge in [-0.25, -0.2) is 0 Å². The van der Waals surface area contributed by atoms with Crippen molar-refractivity contribution in [3.05, 3.63) is 0 Å². The molecule has 1 atom stereocenters. The number of rotatable bonds is 4. The molecule has 1 fully saturated rings. The largest absolute Gasteiger partial charge is 0.393 e. The number of thiocarbonyl (C=S) groups is 1. The van der Waals surface area contributed by atoms with E-state index in [1.165, 1.54) is 0 Å². The van der Waals surface area contributed by atoms with Crippen molar-refractivity contribution in [1.29, 1.82) is 0 Å². The molecule has 0 spiro atoms. The maximum atomic E-state index is 12.5. The highest BCUT2D eigenvalue weighted by Crippen LogP contribution is 2.20. The number of nitrogens with zero attached hydrogens (tertiary/aromatic N) is 2. The second-order valence-corrected chi connectivity index (χ2v) is 6.08. The molecule has 18 heavy (non-hydrogen) atoms. The molecule has 2 N–H and O–H groups in total. The third kappa shape index (κ3) is 3.65. The maximum absolute atomic E-state index is 12.5. The quantitative estimate of drug-likeness (QED) is 0.778. The van der Waals surface area contributed by atoms with Crippen LogP contribution in [0.5, 0.6) is 0 Å². The van der Waals surface area contributed by atoms with Crippen LogP contribution in [-0.2, 0) is 4.79 Å². The van der Waals surface area contributed by atoms with Crippen LogP contribution in [-0.4, -0.2) is 53.9 Å². The van der Waals surface area contributed by atoms with Gasteiger partial charge in [0, 0.05) is 13.1 Å². The number of carbonyl (C=O) groups excluding carboxylic acids is 1.